The summed E-state index contributed by atoms with van der Waals surface area (Å²) < 4.78 is 5.11. The lowest BCUT2D eigenvalue weighted by atomic mass is 10.1. The van der Waals surface area contributed by atoms with Crippen LogP contribution in [0.25, 0.3) is 0 Å². The maximum absolute atomic E-state index is 5.11. The van der Waals surface area contributed by atoms with Gasteiger partial charge >= 0.3 is 0 Å². The third-order valence-electron chi connectivity index (χ3n) is 2.78. The van der Waals surface area contributed by atoms with E-state index >= 15 is 0 Å². The summed E-state index contributed by atoms with van der Waals surface area (Å²) in [5, 5.41) is 3.51. The van der Waals surface area contributed by atoms with Crippen molar-refractivity contribution in [2.75, 3.05) is 33.4 Å². The van der Waals surface area contributed by atoms with E-state index in [2.05, 4.69) is 24.1 Å². The average molecular weight is 186 g/mol. The van der Waals surface area contributed by atoms with Crippen LogP contribution in [0.2, 0.25) is 0 Å². The fourth-order valence-electron chi connectivity index (χ4n) is 1.92. The molecule has 1 rings (SSSR count). The van der Waals surface area contributed by atoms with Gasteiger partial charge in [0.2, 0.25) is 0 Å². The van der Waals surface area contributed by atoms with E-state index in [4.69, 9.17) is 4.74 Å². The number of hydrogen-bond donors (Lipinski definition) is 1. The fourth-order valence-corrected chi connectivity index (χ4v) is 1.92. The van der Waals surface area contributed by atoms with Gasteiger partial charge in [0.05, 0.1) is 6.61 Å². The van der Waals surface area contributed by atoms with Gasteiger partial charge in [-0.2, -0.15) is 0 Å². The summed E-state index contributed by atoms with van der Waals surface area (Å²) in [6.07, 6.45) is 1.23. The van der Waals surface area contributed by atoms with Crippen molar-refractivity contribution in [1.29, 1.82) is 0 Å². The summed E-state index contributed by atoms with van der Waals surface area (Å²) in [6, 6.07) is 1.33. The molecule has 13 heavy (non-hydrogen) atoms. The van der Waals surface area contributed by atoms with Crippen molar-refractivity contribution in [2.24, 2.45) is 0 Å². The van der Waals surface area contributed by atoms with Crippen molar-refractivity contribution in [2.45, 2.75) is 32.4 Å². The van der Waals surface area contributed by atoms with Crippen LogP contribution in [0.3, 0.4) is 0 Å². The van der Waals surface area contributed by atoms with Gasteiger partial charge in [-0.25, -0.2) is 0 Å². The summed E-state index contributed by atoms with van der Waals surface area (Å²) in [7, 11) is 1.77. The zero-order chi connectivity index (χ0) is 9.68. The Kier molecular flexibility index (Phi) is 4.70. The molecule has 0 amide bonds. The molecule has 0 saturated carbocycles. The maximum atomic E-state index is 5.11. The zero-order valence-electron chi connectivity index (χ0n) is 9.05. The molecular formula is C10H22N2O. The minimum atomic E-state index is 0.625. The number of nitrogens with zero attached hydrogens (tertiary/aromatic N) is 1. The van der Waals surface area contributed by atoms with E-state index < -0.39 is 0 Å². The van der Waals surface area contributed by atoms with Crippen molar-refractivity contribution < 1.29 is 4.74 Å². The summed E-state index contributed by atoms with van der Waals surface area (Å²) in [5.41, 5.74) is 0. The number of methoxy groups -OCH3 is 1. The topological polar surface area (TPSA) is 24.5 Å². The van der Waals surface area contributed by atoms with Crippen molar-refractivity contribution >= 4 is 0 Å². The lowest BCUT2D eigenvalue weighted by Gasteiger charge is -2.38. The van der Waals surface area contributed by atoms with Crippen molar-refractivity contribution in [3.63, 3.8) is 0 Å². The minimum Gasteiger partial charge on any atom is -0.383 e. The summed E-state index contributed by atoms with van der Waals surface area (Å²) in [4.78, 5) is 2.53. The second-order valence-electron chi connectivity index (χ2n) is 3.86. The molecule has 0 spiro atoms. The first-order chi connectivity index (χ1) is 6.27. The Morgan fingerprint density at radius 3 is 2.92 bits per heavy atom. The lowest BCUT2D eigenvalue weighted by Crippen LogP contribution is -2.55. The molecular weight excluding hydrogens is 164 g/mol. The molecule has 1 N–H and O–H groups in total. The second-order valence-corrected chi connectivity index (χ2v) is 3.86. The minimum absolute atomic E-state index is 0.625. The van der Waals surface area contributed by atoms with Gasteiger partial charge in [0, 0.05) is 38.8 Å². The molecule has 2 unspecified atom stereocenters. The van der Waals surface area contributed by atoms with Crippen LogP contribution in [-0.2, 0) is 4.74 Å². The molecule has 0 aliphatic carbocycles. The first-order valence-corrected chi connectivity index (χ1v) is 5.24. The number of nitrogens with one attached hydrogen (secondary N) is 1. The first kappa shape index (κ1) is 11.0. The molecule has 1 heterocycles. The van der Waals surface area contributed by atoms with E-state index in [0.29, 0.717) is 12.1 Å². The maximum Gasteiger partial charge on any atom is 0.0589 e. The summed E-state index contributed by atoms with van der Waals surface area (Å²) >= 11 is 0. The summed E-state index contributed by atoms with van der Waals surface area (Å²) in [5.74, 6) is 0. The highest BCUT2D eigenvalue weighted by Crippen LogP contribution is 2.09. The predicted molar refractivity (Wildman–Crippen MR) is 55.0 cm³/mol. The monoisotopic (exact) mass is 186 g/mol. The van der Waals surface area contributed by atoms with E-state index in [1.54, 1.807) is 7.11 Å². The van der Waals surface area contributed by atoms with Gasteiger partial charge in [0.25, 0.3) is 0 Å². The highest BCUT2D eigenvalue weighted by atomic mass is 16.5. The quantitative estimate of drug-likeness (QED) is 0.699. The molecule has 3 heteroatoms. The van der Waals surface area contributed by atoms with Crippen LogP contribution in [0.15, 0.2) is 0 Å². The molecule has 1 aliphatic rings. The Morgan fingerprint density at radius 1 is 1.54 bits per heavy atom. The highest BCUT2D eigenvalue weighted by Gasteiger charge is 2.23. The third-order valence-corrected chi connectivity index (χ3v) is 2.78. The third kappa shape index (κ3) is 3.25. The van der Waals surface area contributed by atoms with E-state index in [9.17, 15) is 0 Å². The molecule has 1 saturated heterocycles. The Hall–Kier alpha value is -0.120. The normalized spacial score (nSPS) is 30.7. The van der Waals surface area contributed by atoms with E-state index in [1.807, 2.05) is 0 Å². The van der Waals surface area contributed by atoms with Gasteiger partial charge in [-0.15, -0.1) is 0 Å². The molecule has 0 aromatic heterocycles. The van der Waals surface area contributed by atoms with Crippen LogP contribution < -0.4 is 5.32 Å². The molecule has 1 aliphatic heterocycles. The van der Waals surface area contributed by atoms with Crippen LogP contribution in [0, 0.1) is 0 Å². The van der Waals surface area contributed by atoms with Crippen LogP contribution in [0.1, 0.15) is 20.3 Å². The van der Waals surface area contributed by atoms with Gasteiger partial charge in [-0.1, -0.05) is 6.92 Å². The highest BCUT2D eigenvalue weighted by molar-refractivity contribution is 4.82. The molecule has 78 valence electrons. The van der Waals surface area contributed by atoms with Crippen molar-refractivity contribution in [3.8, 4) is 0 Å². The van der Waals surface area contributed by atoms with Crippen LogP contribution in [0.5, 0.6) is 0 Å². The molecule has 0 aromatic rings. The molecule has 2 atom stereocenters. The Balaban J connectivity index is 2.35. The van der Waals surface area contributed by atoms with Gasteiger partial charge in [-0.05, 0) is 13.3 Å². The molecule has 3 nitrogen and oxygen atoms in total. The van der Waals surface area contributed by atoms with Gasteiger partial charge < -0.3 is 10.1 Å². The van der Waals surface area contributed by atoms with Gasteiger partial charge in [0.15, 0.2) is 0 Å². The fraction of sp³-hybridized carbons (Fsp3) is 1.00. The van der Waals surface area contributed by atoms with Gasteiger partial charge in [-0.3, -0.25) is 4.90 Å². The zero-order valence-corrected chi connectivity index (χ0v) is 9.05. The number of rotatable bonds is 4. The summed E-state index contributed by atoms with van der Waals surface area (Å²) in [6.45, 7) is 8.70. The van der Waals surface area contributed by atoms with Crippen molar-refractivity contribution in [3.05, 3.63) is 0 Å². The molecule has 0 bridgehead atoms. The first-order valence-electron chi connectivity index (χ1n) is 5.24. The van der Waals surface area contributed by atoms with Crippen LogP contribution in [0.4, 0.5) is 0 Å². The number of hydrogen-bond acceptors (Lipinski definition) is 3. The Bertz CT molecular complexity index is 141. The molecule has 0 aromatic carbocycles. The van der Waals surface area contributed by atoms with Gasteiger partial charge in [0.1, 0.15) is 0 Å². The van der Waals surface area contributed by atoms with Crippen molar-refractivity contribution in [1.82, 2.24) is 10.2 Å². The standard InChI is InChI=1S/C10H22N2O/c1-4-10-7-11-9(2)8-12(10)5-6-13-3/h9-11H,4-8H2,1-3H3. The Morgan fingerprint density at radius 2 is 2.31 bits per heavy atom. The van der Waals surface area contributed by atoms with Crippen LogP contribution in [-0.4, -0.2) is 50.3 Å². The second kappa shape index (κ2) is 5.58. The van der Waals surface area contributed by atoms with Crippen LogP contribution >= 0.6 is 0 Å². The predicted octanol–water partition coefficient (Wildman–Crippen LogP) is 0.705. The SMILES string of the molecule is CCC1CNC(C)CN1CCOC. The van der Waals surface area contributed by atoms with E-state index in [-0.39, 0.29) is 0 Å². The van der Waals surface area contributed by atoms with E-state index in [1.165, 1.54) is 6.42 Å². The molecule has 0 radical (unpaired) electrons. The Labute approximate surface area is 81.4 Å². The smallest absolute Gasteiger partial charge is 0.0589 e. The lowest BCUT2D eigenvalue weighted by molar-refractivity contribution is 0.0877. The molecule has 1 fully saturated rings. The largest absolute Gasteiger partial charge is 0.383 e. The number of ether oxygens (including phenoxy) is 1. The number of piperazine rings is 1. The van der Waals surface area contributed by atoms with E-state index in [0.717, 1.165) is 26.2 Å². The average Bonchev–Trinajstić information content (AvgIpc) is 2.15.